The number of ketones is 1. The number of Topliss-reactive ketones (excluding diaryl/α,β-unsaturated/α-hetero) is 1. The molecule has 1 aromatic heterocycles. The summed E-state index contributed by atoms with van der Waals surface area (Å²) in [5.41, 5.74) is 0.406. The Morgan fingerprint density at radius 3 is 2.73 bits per heavy atom. The van der Waals surface area contributed by atoms with E-state index in [4.69, 9.17) is 4.74 Å². The number of nitrogens with zero attached hydrogens (tertiary/aromatic N) is 1. The van der Waals surface area contributed by atoms with E-state index in [1.807, 2.05) is 11.4 Å². The molecule has 3 rings (SSSR count). The topological polar surface area (TPSA) is 75.7 Å². The zero-order valence-corrected chi connectivity index (χ0v) is 16.0. The lowest BCUT2D eigenvalue weighted by Gasteiger charge is -2.26. The van der Waals surface area contributed by atoms with Crippen LogP contribution >= 0.6 is 11.3 Å². The number of thiophene rings is 1. The van der Waals surface area contributed by atoms with Gasteiger partial charge in [0, 0.05) is 30.1 Å². The molecule has 0 saturated carbocycles. The van der Waals surface area contributed by atoms with Crippen LogP contribution in [0.5, 0.6) is 0 Å². The highest BCUT2D eigenvalue weighted by atomic mass is 32.2. The summed E-state index contributed by atoms with van der Waals surface area (Å²) in [6.45, 7) is 2.36. The molecule has 1 aliphatic rings. The van der Waals surface area contributed by atoms with Crippen LogP contribution < -0.4 is 5.32 Å². The molecule has 0 unspecified atom stereocenters. The lowest BCUT2D eigenvalue weighted by Crippen LogP contribution is -2.40. The molecule has 0 atom stereocenters. The second kappa shape index (κ2) is 8.88. The van der Waals surface area contributed by atoms with E-state index < -0.39 is 10.0 Å². The first kappa shape index (κ1) is 19.2. The second-order valence-corrected chi connectivity index (χ2v) is 8.94. The predicted molar refractivity (Wildman–Crippen MR) is 101 cm³/mol. The summed E-state index contributed by atoms with van der Waals surface area (Å²) >= 11 is 1.69. The van der Waals surface area contributed by atoms with E-state index in [-0.39, 0.29) is 17.2 Å². The lowest BCUT2D eigenvalue weighted by atomic mass is 10.1. The molecule has 26 heavy (non-hydrogen) atoms. The molecule has 2 aromatic rings. The number of nitrogens with one attached hydrogen (secondary N) is 1. The Balaban J connectivity index is 1.59. The Hall–Kier alpha value is -1.58. The maximum atomic E-state index is 12.7. The van der Waals surface area contributed by atoms with Crippen molar-refractivity contribution in [3.05, 3.63) is 52.2 Å². The first-order chi connectivity index (χ1) is 12.6. The van der Waals surface area contributed by atoms with Crippen LogP contribution in [0, 0.1) is 0 Å². The number of ether oxygens (including phenoxy) is 1. The van der Waals surface area contributed by atoms with Crippen molar-refractivity contribution in [1.82, 2.24) is 9.62 Å². The van der Waals surface area contributed by atoms with Gasteiger partial charge in [-0.05, 0) is 30.0 Å². The van der Waals surface area contributed by atoms with Crippen molar-refractivity contribution in [3.63, 3.8) is 0 Å². The normalized spacial score (nSPS) is 15.8. The van der Waals surface area contributed by atoms with Gasteiger partial charge in [-0.15, -0.1) is 11.3 Å². The van der Waals surface area contributed by atoms with Crippen molar-refractivity contribution >= 4 is 27.1 Å². The van der Waals surface area contributed by atoms with Crippen molar-refractivity contribution in [3.8, 4) is 0 Å². The van der Waals surface area contributed by atoms with Crippen molar-refractivity contribution in [2.24, 2.45) is 0 Å². The monoisotopic (exact) mass is 394 g/mol. The highest BCUT2D eigenvalue weighted by Crippen LogP contribution is 2.18. The van der Waals surface area contributed by atoms with Gasteiger partial charge in [0.15, 0.2) is 5.78 Å². The third kappa shape index (κ3) is 4.77. The molecule has 0 aliphatic carbocycles. The molecule has 2 heterocycles. The summed E-state index contributed by atoms with van der Waals surface area (Å²) in [5.74, 6) is -0.116. The van der Waals surface area contributed by atoms with Crippen LogP contribution in [-0.4, -0.2) is 57.9 Å². The summed E-state index contributed by atoms with van der Waals surface area (Å²) in [4.78, 5) is 13.8. The average Bonchev–Trinajstić information content (AvgIpc) is 3.19. The summed E-state index contributed by atoms with van der Waals surface area (Å²) in [5, 5.41) is 5.15. The zero-order valence-electron chi connectivity index (χ0n) is 14.4. The largest absolute Gasteiger partial charge is 0.379 e. The quantitative estimate of drug-likeness (QED) is 0.546. The highest BCUT2D eigenvalue weighted by Gasteiger charge is 2.26. The van der Waals surface area contributed by atoms with Gasteiger partial charge < -0.3 is 10.1 Å². The molecule has 1 aromatic carbocycles. The summed E-state index contributed by atoms with van der Waals surface area (Å²) in [6.07, 6.45) is 0.871. The van der Waals surface area contributed by atoms with E-state index in [0.29, 0.717) is 38.4 Å². The standard InChI is InChI=1S/C18H22N2O4S2/c21-18(14-19-7-6-16-4-2-12-25-16)15-3-1-5-17(13-15)26(22,23)20-8-10-24-11-9-20/h1-5,12-13,19H,6-11,14H2. The minimum atomic E-state index is -3.59. The number of carbonyl (C=O) groups is 1. The molecule has 0 spiro atoms. The van der Waals surface area contributed by atoms with E-state index in [1.165, 1.54) is 21.3 Å². The summed E-state index contributed by atoms with van der Waals surface area (Å²) in [7, 11) is -3.59. The van der Waals surface area contributed by atoms with E-state index in [2.05, 4.69) is 11.4 Å². The molecule has 8 heteroatoms. The van der Waals surface area contributed by atoms with Crippen LogP contribution in [0.15, 0.2) is 46.7 Å². The van der Waals surface area contributed by atoms with Gasteiger partial charge in [0.05, 0.1) is 24.7 Å². The number of rotatable bonds is 8. The maximum Gasteiger partial charge on any atom is 0.243 e. The van der Waals surface area contributed by atoms with Crippen LogP contribution in [-0.2, 0) is 21.2 Å². The van der Waals surface area contributed by atoms with Crippen LogP contribution in [0.4, 0.5) is 0 Å². The summed E-state index contributed by atoms with van der Waals surface area (Å²) in [6, 6.07) is 10.3. The van der Waals surface area contributed by atoms with Crippen LogP contribution in [0.2, 0.25) is 0 Å². The fourth-order valence-electron chi connectivity index (χ4n) is 2.74. The molecule has 1 aliphatic heterocycles. The van der Waals surface area contributed by atoms with Crippen molar-refractivity contribution in [2.45, 2.75) is 11.3 Å². The second-order valence-electron chi connectivity index (χ2n) is 5.97. The first-order valence-corrected chi connectivity index (χ1v) is 10.8. The van der Waals surface area contributed by atoms with E-state index >= 15 is 0 Å². The van der Waals surface area contributed by atoms with Crippen LogP contribution in [0.25, 0.3) is 0 Å². The fraction of sp³-hybridized carbons (Fsp3) is 0.389. The Labute approximate surface area is 157 Å². The van der Waals surface area contributed by atoms with Gasteiger partial charge in [0.1, 0.15) is 0 Å². The molecule has 0 amide bonds. The Morgan fingerprint density at radius 1 is 1.19 bits per heavy atom. The minimum Gasteiger partial charge on any atom is -0.379 e. The molecular formula is C18H22N2O4S2. The zero-order chi connectivity index (χ0) is 18.4. The molecule has 1 N–H and O–H groups in total. The van der Waals surface area contributed by atoms with Crippen molar-refractivity contribution < 1.29 is 17.9 Å². The predicted octanol–water partition coefficient (Wildman–Crippen LogP) is 1.78. The number of carbonyl (C=O) groups excluding carboxylic acids is 1. The van der Waals surface area contributed by atoms with Gasteiger partial charge in [-0.1, -0.05) is 18.2 Å². The first-order valence-electron chi connectivity index (χ1n) is 8.51. The molecular weight excluding hydrogens is 372 g/mol. The van der Waals surface area contributed by atoms with E-state index in [9.17, 15) is 13.2 Å². The Morgan fingerprint density at radius 2 is 2.00 bits per heavy atom. The summed E-state index contributed by atoms with van der Waals surface area (Å²) < 4.78 is 32.0. The molecule has 0 bridgehead atoms. The van der Waals surface area contributed by atoms with E-state index in [1.54, 1.807) is 23.5 Å². The number of morpholine rings is 1. The van der Waals surface area contributed by atoms with Gasteiger partial charge in [0.25, 0.3) is 0 Å². The molecule has 1 saturated heterocycles. The Kier molecular flexibility index (Phi) is 6.55. The van der Waals surface area contributed by atoms with Gasteiger partial charge >= 0.3 is 0 Å². The number of benzene rings is 1. The SMILES string of the molecule is O=C(CNCCc1cccs1)c1cccc(S(=O)(=O)N2CCOCC2)c1. The number of hydrogen-bond acceptors (Lipinski definition) is 6. The molecule has 1 fully saturated rings. The molecule has 6 nitrogen and oxygen atoms in total. The van der Waals surface area contributed by atoms with Gasteiger partial charge in [-0.3, -0.25) is 4.79 Å². The van der Waals surface area contributed by atoms with Crippen molar-refractivity contribution in [2.75, 3.05) is 39.4 Å². The number of hydrogen-bond donors (Lipinski definition) is 1. The third-order valence-corrected chi connectivity index (χ3v) is 7.01. The molecule has 0 radical (unpaired) electrons. The van der Waals surface area contributed by atoms with Gasteiger partial charge in [-0.25, -0.2) is 8.42 Å². The van der Waals surface area contributed by atoms with Crippen LogP contribution in [0.3, 0.4) is 0 Å². The third-order valence-electron chi connectivity index (χ3n) is 4.18. The maximum absolute atomic E-state index is 12.7. The lowest BCUT2D eigenvalue weighted by molar-refractivity contribution is 0.0730. The molecule has 140 valence electrons. The fourth-order valence-corrected chi connectivity index (χ4v) is 4.90. The van der Waals surface area contributed by atoms with E-state index in [0.717, 1.165) is 6.42 Å². The number of sulfonamides is 1. The van der Waals surface area contributed by atoms with Gasteiger partial charge in [-0.2, -0.15) is 4.31 Å². The van der Waals surface area contributed by atoms with Crippen molar-refractivity contribution in [1.29, 1.82) is 0 Å². The highest BCUT2D eigenvalue weighted by molar-refractivity contribution is 7.89. The minimum absolute atomic E-state index is 0.116. The smallest absolute Gasteiger partial charge is 0.243 e. The van der Waals surface area contributed by atoms with Gasteiger partial charge in [0.2, 0.25) is 10.0 Å². The average molecular weight is 395 g/mol. The Bertz CT molecular complexity index is 829. The van der Waals surface area contributed by atoms with Crippen LogP contribution in [0.1, 0.15) is 15.2 Å².